The predicted octanol–water partition coefficient (Wildman–Crippen LogP) is 3.76. The normalized spacial score (nSPS) is 19.9. The van der Waals surface area contributed by atoms with Crippen molar-refractivity contribution in [2.45, 2.75) is 52.3 Å². The third kappa shape index (κ3) is 4.31. The van der Waals surface area contributed by atoms with Gasteiger partial charge in [-0.05, 0) is 52.3 Å². The highest BCUT2D eigenvalue weighted by molar-refractivity contribution is 5.83. The fourth-order valence-corrected chi connectivity index (χ4v) is 4.19. The molecule has 162 valence electrons. The minimum Gasteiger partial charge on any atom is -0.493 e. The fourth-order valence-electron chi connectivity index (χ4n) is 4.19. The van der Waals surface area contributed by atoms with Gasteiger partial charge in [-0.15, -0.1) is 0 Å². The van der Waals surface area contributed by atoms with Crippen molar-refractivity contribution in [1.82, 2.24) is 14.8 Å². The number of nitrogens with zero attached hydrogens (tertiary/aromatic N) is 3. The molecule has 1 amide bonds. The molecule has 7 heteroatoms. The van der Waals surface area contributed by atoms with Gasteiger partial charge in [0.2, 0.25) is 5.88 Å². The van der Waals surface area contributed by atoms with Crippen molar-refractivity contribution < 1.29 is 19.0 Å². The maximum Gasteiger partial charge on any atom is 0.410 e. The Kier molecular flexibility index (Phi) is 5.49. The van der Waals surface area contributed by atoms with Crippen molar-refractivity contribution in [3.05, 3.63) is 29.3 Å². The van der Waals surface area contributed by atoms with Crippen LogP contribution in [0.15, 0.2) is 18.2 Å². The predicted molar refractivity (Wildman–Crippen MR) is 115 cm³/mol. The Bertz CT molecular complexity index is 954. The summed E-state index contributed by atoms with van der Waals surface area (Å²) in [5, 5.41) is 1.05. The summed E-state index contributed by atoms with van der Waals surface area (Å²) in [6.07, 6.45) is 0.639. The van der Waals surface area contributed by atoms with E-state index in [4.69, 9.17) is 14.2 Å². The third-order valence-electron chi connectivity index (χ3n) is 5.67. The lowest BCUT2D eigenvalue weighted by molar-refractivity contribution is -0.00192. The molecule has 2 aliphatic rings. The van der Waals surface area contributed by atoms with Crippen LogP contribution in [0, 0.1) is 6.92 Å². The maximum atomic E-state index is 12.5. The SMILES string of the molecule is COc1nc2cc3c(cc2cc1C)OCC[C@H]1CN(C(=O)OC(C)(C)C)CCN1C3. The standard InChI is InChI=1S/C23H31N3O4/c1-15-10-16-12-20-17(11-19(16)24-21(15)28-5)13-25-7-8-26(14-18(25)6-9-29-20)22(27)30-23(2,3)4/h10-12,18H,6-9,13-14H2,1-5H3/t18-/m0/s1. The first-order valence-corrected chi connectivity index (χ1v) is 10.6. The molecule has 0 unspecified atom stereocenters. The molecule has 30 heavy (non-hydrogen) atoms. The molecular formula is C23H31N3O4. The third-order valence-corrected chi connectivity index (χ3v) is 5.67. The molecule has 0 N–H and O–H groups in total. The Balaban J connectivity index is 1.55. The number of fused-ring (bicyclic) bond motifs is 3. The Morgan fingerprint density at radius 3 is 2.77 bits per heavy atom. The first-order chi connectivity index (χ1) is 14.2. The molecule has 1 aromatic carbocycles. The maximum absolute atomic E-state index is 12.5. The minimum atomic E-state index is -0.481. The molecule has 2 aliphatic heterocycles. The number of benzene rings is 1. The van der Waals surface area contributed by atoms with Crippen LogP contribution < -0.4 is 9.47 Å². The van der Waals surface area contributed by atoms with E-state index in [1.54, 1.807) is 7.11 Å². The molecule has 1 fully saturated rings. The lowest BCUT2D eigenvalue weighted by Crippen LogP contribution is -2.55. The Morgan fingerprint density at radius 2 is 2.03 bits per heavy atom. The van der Waals surface area contributed by atoms with Crippen LogP contribution in [0.1, 0.15) is 38.3 Å². The summed E-state index contributed by atoms with van der Waals surface area (Å²) in [5.41, 5.74) is 2.56. The Hall–Kier alpha value is -2.54. The molecule has 2 aromatic rings. The zero-order valence-corrected chi connectivity index (χ0v) is 18.5. The molecule has 0 aliphatic carbocycles. The van der Waals surface area contributed by atoms with Gasteiger partial charge in [0, 0.05) is 48.7 Å². The van der Waals surface area contributed by atoms with E-state index in [0.29, 0.717) is 25.6 Å². The van der Waals surface area contributed by atoms with Crippen LogP contribution in [0.3, 0.4) is 0 Å². The van der Waals surface area contributed by atoms with Crippen molar-refractivity contribution in [2.75, 3.05) is 33.4 Å². The molecule has 7 nitrogen and oxygen atoms in total. The van der Waals surface area contributed by atoms with E-state index in [0.717, 1.165) is 47.3 Å². The van der Waals surface area contributed by atoms with Crippen molar-refractivity contribution in [1.29, 1.82) is 0 Å². The van der Waals surface area contributed by atoms with Crippen molar-refractivity contribution in [3.8, 4) is 11.6 Å². The van der Waals surface area contributed by atoms with E-state index in [2.05, 4.69) is 28.1 Å². The Morgan fingerprint density at radius 1 is 1.23 bits per heavy atom. The van der Waals surface area contributed by atoms with Crippen LogP contribution >= 0.6 is 0 Å². The average Bonchev–Trinajstić information content (AvgIpc) is 2.66. The number of hydrogen-bond donors (Lipinski definition) is 0. The number of carbonyl (C=O) groups is 1. The van der Waals surface area contributed by atoms with Gasteiger partial charge in [-0.25, -0.2) is 9.78 Å². The molecule has 4 rings (SSSR count). The van der Waals surface area contributed by atoms with Gasteiger partial charge in [-0.3, -0.25) is 4.90 Å². The average molecular weight is 414 g/mol. The van der Waals surface area contributed by atoms with E-state index in [1.807, 2.05) is 32.6 Å². The van der Waals surface area contributed by atoms with Gasteiger partial charge in [0.25, 0.3) is 0 Å². The smallest absolute Gasteiger partial charge is 0.410 e. The van der Waals surface area contributed by atoms with Crippen LogP contribution in [-0.2, 0) is 11.3 Å². The van der Waals surface area contributed by atoms with E-state index < -0.39 is 5.60 Å². The lowest BCUT2D eigenvalue weighted by atomic mass is 10.0. The van der Waals surface area contributed by atoms with Gasteiger partial charge in [0.05, 0.1) is 19.2 Å². The summed E-state index contributed by atoms with van der Waals surface area (Å²) in [5.74, 6) is 1.57. The number of hydrogen-bond acceptors (Lipinski definition) is 6. The summed E-state index contributed by atoms with van der Waals surface area (Å²) in [7, 11) is 1.65. The highest BCUT2D eigenvalue weighted by atomic mass is 16.6. The topological polar surface area (TPSA) is 64.1 Å². The molecule has 0 bridgehead atoms. The van der Waals surface area contributed by atoms with Crippen LogP contribution in [0.5, 0.6) is 11.6 Å². The number of amides is 1. The second kappa shape index (κ2) is 7.95. The number of aryl methyl sites for hydroxylation is 1. The van der Waals surface area contributed by atoms with Gasteiger partial charge in [0.1, 0.15) is 11.4 Å². The van der Waals surface area contributed by atoms with Crippen LogP contribution in [0.25, 0.3) is 10.9 Å². The zero-order chi connectivity index (χ0) is 21.5. The molecule has 0 radical (unpaired) electrons. The first-order valence-electron chi connectivity index (χ1n) is 10.6. The van der Waals surface area contributed by atoms with Crippen LogP contribution in [0.4, 0.5) is 4.79 Å². The quantitative estimate of drug-likeness (QED) is 0.709. The number of piperazine rings is 1. The van der Waals surface area contributed by atoms with Crippen LogP contribution in [-0.4, -0.2) is 65.9 Å². The Labute approximate surface area is 177 Å². The van der Waals surface area contributed by atoms with E-state index >= 15 is 0 Å². The summed E-state index contributed by atoms with van der Waals surface area (Å²) in [6, 6.07) is 6.53. The fraction of sp³-hybridized carbons (Fsp3) is 0.565. The molecule has 0 saturated carbocycles. The van der Waals surface area contributed by atoms with Gasteiger partial charge in [-0.1, -0.05) is 0 Å². The van der Waals surface area contributed by atoms with Crippen molar-refractivity contribution >= 4 is 17.0 Å². The summed E-state index contributed by atoms with van der Waals surface area (Å²) in [4.78, 5) is 21.4. The van der Waals surface area contributed by atoms with E-state index in [1.165, 1.54) is 0 Å². The molecule has 1 aromatic heterocycles. The zero-order valence-electron chi connectivity index (χ0n) is 18.5. The number of pyridine rings is 1. The second-order valence-electron chi connectivity index (χ2n) is 9.15. The monoisotopic (exact) mass is 413 g/mol. The first kappa shape index (κ1) is 20.7. The number of ether oxygens (including phenoxy) is 3. The van der Waals surface area contributed by atoms with Crippen LogP contribution in [0.2, 0.25) is 0 Å². The highest BCUT2D eigenvalue weighted by Crippen LogP contribution is 2.32. The minimum absolute atomic E-state index is 0.233. The number of carbonyl (C=O) groups excluding carboxylic acids is 1. The largest absolute Gasteiger partial charge is 0.493 e. The lowest BCUT2D eigenvalue weighted by Gasteiger charge is -2.42. The van der Waals surface area contributed by atoms with Gasteiger partial charge < -0.3 is 19.1 Å². The van der Waals surface area contributed by atoms with Gasteiger partial charge in [-0.2, -0.15) is 0 Å². The summed E-state index contributed by atoms with van der Waals surface area (Å²) in [6.45, 7) is 11.2. The van der Waals surface area contributed by atoms with Crippen molar-refractivity contribution in [3.63, 3.8) is 0 Å². The summed E-state index contributed by atoms with van der Waals surface area (Å²) < 4.78 is 17.1. The molecular weight excluding hydrogens is 382 g/mol. The molecule has 0 spiro atoms. The number of aromatic nitrogens is 1. The highest BCUT2D eigenvalue weighted by Gasteiger charge is 2.33. The number of rotatable bonds is 1. The van der Waals surface area contributed by atoms with E-state index in [9.17, 15) is 4.79 Å². The van der Waals surface area contributed by atoms with E-state index in [-0.39, 0.29) is 12.1 Å². The second-order valence-corrected chi connectivity index (χ2v) is 9.15. The van der Waals surface area contributed by atoms with Gasteiger partial charge in [0.15, 0.2) is 0 Å². The summed E-state index contributed by atoms with van der Waals surface area (Å²) >= 11 is 0. The molecule has 1 atom stereocenters. The number of methoxy groups -OCH3 is 1. The van der Waals surface area contributed by atoms with Crippen molar-refractivity contribution in [2.24, 2.45) is 0 Å². The molecule has 3 heterocycles. The molecule has 1 saturated heterocycles. The van der Waals surface area contributed by atoms with Gasteiger partial charge >= 0.3 is 6.09 Å².